The molecule has 0 aromatic carbocycles. The molecule has 2 heterocycles. The van der Waals surface area contributed by atoms with E-state index in [9.17, 15) is 0 Å². The molecule has 2 aromatic heterocycles. The van der Waals surface area contributed by atoms with Crippen molar-refractivity contribution >= 4 is 38.6 Å². The molecular formula is C13H16BrNS2. The Morgan fingerprint density at radius 2 is 1.82 bits per heavy atom. The Kier molecular flexibility index (Phi) is 4.79. The fourth-order valence-electron chi connectivity index (χ4n) is 1.77. The zero-order chi connectivity index (χ0) is 12.3. The highest BCUT2D eigenvalue weighted by Crippen LogP contribution is 2.34. The Balaban J connectivity index is 2.28. The Morgan fingerprint density at radius 3 is 2.35 bits per heavy atom. The number of thiophene rings is 2. The molecule has 0 spiro atoms. The van der Waals surface area contributed by atoms with Crippen LogP contribution in [0.2, 0.25) is 0 Å². The predicted octanol–water partition coefficient (Wildman–Crippen LogP) is 4.83. The van der Waals surface area contributed by atoms with Gasteiger partial charge in [-0.25, -0.2) is 0 Å². The van der Waals surface area contributed by atoms with Crippen LogP contribution in [0.4, 0.5) is 0 Å². The number of nitrogens with one attached hydrogen (secondary N) is 1. The Bertz CT molecular complexity index is 475. The fraction of sp³-hybridized carbons (Fsp3) is 0.385. The number of halogens is 1. The van der Waals surface area contributed by atoms with Crippen molar-refractivity contribution in [1.82, 2.24) is 5.32 Å². The standard InChI is InChI=1S/C13H16BrNS2/c1-3-9-5-6-10(16-9)13(15-4-2)11-7-8-12(14)17-11/h5-8,13,15H,3-4H2,1-2H3. The maximum Gasteiger partial charge on any atom is 0.0765 e. The monoisotopic (exact) mass is 329 g/mol. The summed E-state index contributed by atoms with van der Waals surface area (Å²) in [5.41, 5.74) is 0. The van der Waals surface area contributed by atoms with Gasteiger partial charge in [-0.15, -0.1) is 22.7 Å². The second-order valence-electron chi connectivity index (χ2n) is 3.79. The summed E-state index contributed by atoms with van der Waals surface area (Å²) in [5, 5.41) is 3.57. The molecule has 0 saturated heterocycles. The van der Waals surface area contributed by atoms with Crippen molar-refractivity contribution < 1.29 is 0 Å². The van der Waals surface area contributed by atoms with Crippen molar-refractivity contribution in [3.05, 3.63) is 42.7 Å². The first-order chi connectivity index (χ1) is 8.24. The minimum absolute atomic E-state index is 0.349. The van der Waals surface area contributed by atoms with Gasteiger partial charge in [-0.3, -0.25) is 0 Å². The third kappa shape index (κ3) is 3.19. The largest absolute Gasteiger partial charge is 0.305 e. The summed E-state index contributed by atoms with van der Waals surface area (Å²) in [6.07, 6.45) is 1.12. The summed E-state index contributed by atoms with van der Waals surface area (Å²) < 4.78 is 1.20. The van der Waals surface area contributed by atoms with Gasteiger partial charge in [0, 0.05) is 14.6 Å². The molecule has 0 aliphatic carbocycles. The van der Waals surface area contributed by atoms with Gasteiger partial charge in [0.25, 0.3) is 0 Å². The van der Waals surface area contributed by atoms with Crippen LogP contribution in [-0.4, -0.2) is 6.54 Å². The van der Waals surface area contributed by atoms with Gasteiger partial charge in [0.1, 0.15) is 0 Å². The van der Waals surface area contributed by atoms with E-state index in [-0.39, 0.29) is 0 Å². The van der Waals surface area contributed by atoms with Crippen molar-refractivity contribution in [2.45, 2.75) is 26.3 Å². The zero-order valence-electron chi connectivity index (χ0n) is 10.00. The van der Waals surface area contributed by atoms with Crippen LogP contribution < -0.4 is 5.32 Å². The van der Waals surface area contributed by atoms with Crippen LogP contribution in [0.25, 0.3) is 0 Å². The Labute approximate surface area is 119 Å². The lowest BCUT2D eigenvalue weighted by Gasteiger charge is -2.14. The summed E-state index contributed by atoms with van der Waals surface area (Å²) in [5.74, 6) is 0. The van der Waals surface area contributed by atoms with E-state index < -0.39 is 0 Å². The first-order valence-electron chi connectivity index (χ1n) is 5.81. The molecule has 1 unspecified atom stereocenters. The molecule has 0 amide bonds. The third-order valence-corrected chi connectivity index (χ3v) is 5.59. The summed E-state index contributed by atoms with van der Waals surface area (Å²) in [7, 11) is 0. The number of rotatable bonds is 5. The summed E-state index contributed by atoms with van der Waals surface area (Å²) >= 11 is 7.26. The SMILES string of the molecule is CCNC(c1ccc(Br)s1)c1ccc(CC)s1. The first kappa shape index (κ1) is 13.3. The normalized spacial score (nSPS) is 12.9. The van der Waals surface area contributed by atoms with Gasteiger partial charge in [0.2, 0.25) is 0 Å². The molecule has 0 aliphatic rings. The van der Waals surface area contributed by atoms with E-state index in [1.54, 1.807) is 0 Å². The fourth-order valence-corrected chi connectivity index (χ4v) is 4.41. The molecular weight excluding hydrogens is 314 g/mol. The predicted molar refractivity (Wildman–Crippen MR) is 81.2 cm³/mol. The van der Waals surface area contributed by atoms with Gasteiger partial charge in [0.05, 0.1) is 9.83 Å². The summed E-state index contributed by atoms with van der Waals surface area (Å²) in [6, 6.07) is 9.17. The van der Waals surface area contributed by atoms with Crippen LogP contribution in [0.15, 0.2) is 28.1 Å². The molecule has 0 radical (unpaired) electrons. The molecule has 4 heteroatoms. The quantitative estimate of drug-likeness (QED) is 0.828. The zero-order valence-corrected chi connectivity index (χ0v) is 13.2. The maximum absolute atomic E-state index is 3.57. The lowest BCUT2D eigenvalue weighted by Crippen LogP contribution is -2.19. The lowest BCUT2D eigenvalue weighted by atomic mass is 10.2. The van der Waals surface area contributed by atoms with Crippen molar-refractivity contribution in [2.24, 2.45) is 0 Å². The molecule has 0 fully saturated rings. The molecule has 17 heavy (non-hydrogen) atoms. The van der Waals surface area contributed by atoms with E-state index >= 15 is 0 Å². The van der Waals surface area contributed by atoms with Crippen LogP contribution in [0.5, 0.6) is 0 Å². The van der Waals surface area contributed by atoms with E-state index in [0.29, 0.717) is 6.04 Å². The van der Waals surface area contributed by atoms with Crippen molar-refractivity contribution in [3.8, 4) is 0 Å². The van der Waals surface area contributed by atoms with Crippen molar-refractivity contribution in [1.29, 1.82) is 0 Å². The molecule has 1 nitrogen and oxygen atoms in total. The molecule has 1 N–H and O–H groups in total. The molecule has 2 aromatic rings. The molecule has 92 valence electrons. The molecule has 0 aliphatic heterocycles. The molecule has 0 saturated carbocycles. The first-order valence-corrected chi connectivity index (χ1v) is 8.24. The van der Waals surface area contributed by atoms with E-state index in [0.717, 1.165) is 13.0 Å². The number of hydrogen-bond donors (Lipinski definition) is 1. The van der Waals surface area contributed by atoms with Crippen LogP contribution >= 0.6 is 38.6 Å². The Hall–Kier alpha value is -0.160. The highest BCUT2D eigenvalue weighted by atomic mass is 79.9. The van der Waals surface area contributed by atoms with Crippen molar-refractivity contribution in [2.75, 3.05) is 6.54 Å². The van der Waals surface area contributed by atoms with Crippen LogP contribution in [0.3, 0.4) is 0 Å². The van der Waals surface area contributed by atoms with Gasteiger partial charge in [-0.2, -0.15) is 0 Å². The van der Waals surface area contributed by atoms with E-state index in [4.69, 9.17) is 0 Å². The van der Waals surface area contributed by atoms with E-state index in [1.807, 2.05) is 22.7 Å². The van der Waals surface area contributed by atoms with Crippen molar-refractivity contribution in [3.63, 3.8) is 0 Å². The summed E-state index contributed by atoms with van der Waals surface area (Å²) in [6.45, 7) is 5.35. The highest BCUT2D eigenvalue weighted by Gasteiger charge is 2.16. The Morgan fingerprint density at radius 1 is 1.12 bits per heavy atom. The van der Waals surface area contributed by atoms with Crippen LogP contribution in [0.1, 0.15) is 34.5 Å². The van der Waals surface area contributed by atoms with Crippen LogP contribution in [0, 0.1) is 0 Å². The van der Waals surface area contributed by atoms with Gasteiger partial charge < -0.3 is 5.32 Å². The molecule has 2 rings (SSSR count). The molecule has 0 bridgehead atoms. The van der Waals surface area contributed by atoms with E-state index in [1.165, 1.54) is 18.4 Å². The topological polar surface area (TPSA) is 12.0 Å². The average Bonchev–Trinajstić information content (AvgIpc) is 2.94. The average molecular weight is 330 g/mol. The number of aryl methyl sites for hydroxylation is 1. The van der Waals surface area contributed by atoms with E-state index in [2.05, 4.69) is 59.4 Å². The van der Waals surface area contributed by atoms with Gasteiger partial charge >= 0.3 is 0 Å². The van der Waals surface area contributed by atoms with Gasteiger partial charge in [-0.05, 0) is 53.2 Å². The lowest BCUT2D eigenvalue weighted by molar-refractivity contribution is 0.649. The van der Waals surface area contributed by atoms with Crippen LogP contribution in [-0.2, 0) is 6.42 Å². The van der Waals surface area contributed by atoms with Gasteiger partial charge in [-0.1, -0.05) is 13.8 Å². The highest BCUT2D eigenvalue weighted by molar-refractivity contribution is 9.11. The maximum atomic E-state index is 3.57. The number of hydrogen-bond acceptors (Lipinski definition) is 3. The third-order valence-electron chi connectivity index (χ3n) is 2.60. The summed E-state index contributed by atoms with van der Waals surface area (Å²) in [4.78, 5) is 4.25. The molecule has 1 atom stereocenters. The minimum atomic E-state index is 0.349. The second kappa shape index (κ2) is 6.14. The smallest absolute Gasteiger partial charge is 0.0765 e. The second-order valence-corrected chi connectivity index (χ2v) is 7.48. The van der Waals surface area contributed by atoms with Gasteiger partial charge in [0.15, 0.2) is 0 Å². The minimum Gasteiger partial charge on any atom is -0.305 e.